The molecule has 4 nitrogen and oxygen atoms in total. The van der Waals surface area contributed by atoms with Crippen LogP contribution in [0.5, 0.6) is 0 Å². The van der Waals surface area contributed by atoms with Gasteiger partial charge in [0.1, 0.15) is 10.8 Å². The molecule has 2 aliphatic rings. The molecule has 2 aliphatic heterocycles. The van der Waals surface area contributed by atoms with Gasteiger partial charge in [0, 0.05) is 37.6 Å². The Morgan fingerprint density at radius 2 is 1.85 bits per heavy atom. The second-order valence-corrected chi connectivity index (χ2v) is 8.88. The molecule has 1 saturated heterocycles. The number of hydrogen-bond donors (Lipinski definition) is 0. The van der Waals surface area contributed by atoms with Gasteiger partial charge >= 0.3 is 0 Å². The van der Waals surface area contributed by atoms with Crippen molar-refractivity contribution in [1.29, 1.82) is 0 Å². The van der Waals surface area contributed by atoms with Gasteiger partial charge in [0.05, 0.1) is 16.9 Å². The summed E-state index contributed by atoms with van der Waals surface area (Å²) in [5.74, 6) is 1.16. The quantitative estimate of drug-likeness (QED) is 0.693. The summed E-state index contributed by atoms with van der Waals surface area (Å²) < 4.78 is 0. The van der Waals surface area contributed by atoms with Crippen LogP contribution >= 0.6 is 11.3 Å². The van der Waals surface area contributed by atoms with E-state index in [1.54, 1.807) is 0 Å². The van der Waals surface area contributed by atoms with Gasteiger partial charge in [-0.15, -0.1) is 11.3 Å². The number of aryl methyl sites for hydroxylation is 1. The molecule has 5 heteroatoms. The molecule has 0 unspecified atom stereocenters. The summed E-state index contributed by atoms with van der Waals surface area (Å²) >= 11 is 1.91. The number of likely N-dealkylation sites (N-methyl/N-ethyl adjacent to an activating group) is 1. The van der Waals surface area contributed by atoms with Gasteiger partial charge < -0.3 is 14.7 Å². The molecule has 0 saturated carbocycles. The van der Waals surface area contributed by atoms with Crippen LogP contribution in [0.2, 0.25) is 0 Å². The molecular weight excluding hydrogens is 352 g/mol. The van der Waals surface area contributed by atoms with E-state index in [1.807, 2.05) is 11.3 Å². The van der Waals surface area contributed by atoms with Crippen molar-refractivity contribution in [3.8, 4) is 0 Å². The van der Waals surface area contributed by atoms with Crippen LogP contribution < -0.4 is 4.90 Å². The summed E-state index contributed by atoms with van der Waals surface area (Å²) in [6, 6.07) is 11.0. The lowest BCUT2D eigenvalue weighted by atomic mass is 10.2. The molecule has 3 heterocycles. The van der Waals surface area contributed by atoms with Crippen LogP contribution in [-0.2, 0) is 0 Å². The summed E-state index contributed by atoms with van der Waals surface area (Å²) in [6.07, 6.45) is 3.73. The zero-order valence-electron chi connectivity index (χ0n) is 16.7. The summed E-state index contributed by atoms with van der Waals surface area (Å²) in [6.45, 7) is 9.83. The van der Waals surface area contributed by atoms with Crippen LogP contribution in [0.4, 0.5) is 16.4 Å². The third-order valence-electron chi connectivity index (χ3n) is 5.51. The van der Waals surface area contributed by atoms with Crippen molar-refractivity contribution in [2.24, 2.45) is 4.99 Å². The molecule has 27 heavy (non-hydrogen) atoms. The largest absolute Gasteiger partial charge is 0.353 e. The predicted octanol–water partition coefficient (Wildman–Crippen LogP) is 5.02. The molecule has 0 radical (unpaired) electrons. The van der Waals surface area contributed by atoms with Crippen LogP contribution in [0, 0.1) is 6.92 Å². The van der Waals surface area contributed by atoms with Gasteiger partial charge in [0.25, 0.3) is 0 Å². The number of rotatable bonds is 4. The van der Waals surface area contributed by atoms with Gasteiger partial charge in [0.15, 0.2) is 0 Å². The molecule has 1 fully saturated rings. The maximum absolute atomic E-state index is 5.21. The number of nitrogens with zero attached hydrogens (tertiary/aromatic N) is 4. The third-order valence-corrected chi connectivity index (χ3v) is 6.58. The van der Waals surface area contributed by atoms with Crippen molar-refractivity contribution in [3.63, 3.8) is 0 Å². The fraction of sp³-hybridized carbons (Fsp3) is 0.500. The minimum Gasteiger partial charge on any atom is -0.353 e. The molecule has 4 rings (SSSR count). The monoisotopic (exact) mass is 382 g/mol. The first-order valence-electron chi connectivity index (χ1n) is 10.2. The van der Waals surface area contributed by atoms with E-state index in [1.165, 1.54) is 40.4 Å². The molecule has 0 spiro atoms. The van der Waals surface area contributed by atoms with Crippen molar-refractivity contribution in [2.75, 3.05) is 44.7 Å². The van der Waals surface area contributed by atoms with E-state index in [0.29, 0.717) is 0 Å². The fourth-order valence-corrected chi connectivity index (χ4v) is 4.98. The minimum atomic E-state index is 1.04. The minimum absolute atomic E-state index is 1.04. The molecular formula is C22H30N4S. The van der Waals surface area contributed by atoms with E-state index >= 15 is 0 Å². The van der Waals surface area contributed by atoms with Gasteiger partial charge in [-0.3, -0.25) is 0 Å². The molecule has 0 aliphatic carbocycles. The second kappa shape index (κ2) is 8.03. The number of benzene rings is 1. The lowest BCUT2D eigenvalue weighted by molar-refractivity contribution is 0.216. The van der Waals surface area contributed by atoms with Crippen LogP contribution in [0.1, 0.15) is 36.6 Å². The SMILES string of the molecule is CCCCCN1c2ccccc2N=C(N2CCN(C)CC2)c2cc(C)sc21. The molecule has 1 aromatic heterocycles. The predicted molar refractivity (Wildman–Crippen MR) is 117 cm³/mol. The van der Waals surface area contributed by atoms with Crippen molar-refractivity contribution < 1.29 is 0 Å². The normalized spacial score (nSPS) is 17.4. The number of para-hydroxylation sites is 2. The van der Waals surface area contributed by atoms with Gasteiger partial charge in [-0.05, 0) is 38.6 Å². The maximum Gasteiger partial charge on any atom is 0.139 e. The highest BCUT2D eigenvalue weighted by Crippen LogP contribution is 2.44. The highest BCUT2D eigenvalue weighted by Gasteiger charge is 2.29. The van der Waals surface area contributed by atoms with Gasteiger partial charge in [-0.25, -0.2) is 4.99 Å². The molecule has 1 aromatic carbocycles. The first-order chi connectivity index (χ1) is 13.2. The van der Waals surface area contributed by atoms with E-state index in [0.717, 1.165) is 44.2 Å². The van der Waals surface area contributed by atoms with Crippen molar-refractivity contribution >= 4 is 33.5 Å². The van der Waals surface area contributed by atoms with E-state index < -0.39 is 0 Å². The van der Waals surface area contributed by atoms with Crippen LogP contribution in [-0.4, -0.2) is 55.4 Å². The van der Waals surface area contributed by atoms with E-state index in [4.69, 9.17) is 4.99 Å². The Bertz CT molecular complexity index is 817. The molecule has 0 atom stereocenters. The first-order valence-corrected chi connectivity index (χ1v) is 11.0. The van der Waals surface area contributed by atoms with Gasteiger partial charge in [-0.2, -0.15) is 0 Å². The zero-order valence-corrected chi connectivity index (χ0v) is 17.6. The Labute approximate surface area is 167 Å². The Morgan fingerprint density at radius 3 is 2.63 bits per heavy atom. The molecule has 2 aromatic rings. The average Bonchev–Trinajstić information content (AvgIpc) is 3.00. The highest BCUT2D eigenvalue weighted by atomic mass is 32.1. The highest BCUT2D eigenvalue weighted by molar-refractivity contribution is 7.16. The number of unbranched alkanes of at least 4 members (excludes halogenated alkanes) is 2. The van der Waals surface area contributed by atoms with Crippen molar-refractivity contribution in [3.05, 3.63) is 40.8 Å². The molecule has 0 N–H and O–H groups in total. The zero-order chi connectivity index (χ0) is 18.8. The molecule has 144 valence electrons. The Kier molecular flexibility index (Phi) is 5.50. The lowest BCUT2D eigenvalue weighted by Crippen LogP contribution is -2.47. The smallest absolute Gasteiger partial charge is 0.139 e. The Balaban J connectivity index is 1.78. The van der Waals surface area contributed by atoms with Gasteiger partial charge in [-0.1, -0.05) is 31.9 Å². The van der Waals surface area contributed by atoms with Crippen LogP contribution in [0.3, 0.4) is 0 Å². The van der Waals surface area contributed by atoms with E-state index in [-0.39, 0.29) is 0 Å². The summed E-state index contributed by atoms with van der Waals surface area (Å²) in [5.41, 5.74) is 3.67. The summed E-state index contributed by atoms with van der Waals surface area (Å²) in [7, 11) is 2.21. The number of anilines is 2. The van der Waals surface area contributed by atoms with Crippen molar-refractivity contribution in [1.82, 2.24) is 9.80 Å². The van der Waals surface area contributed by atoms with E-state index in [9.17, 15) is 0 Å². The number of hydrogen-bond acceptors (Lipinski definition) is 5. The number of aliphatic imine (C=N–C) groups is 1. The average molecular weight is 383 g/mol. The van der Waals surface area contributed by atoms with E-state index in [2.05, 4.69) is 65.9 Å². The third kappa shape index (κ3) is 3.76. The second-order valence-electron chi connectivity index (χ2n) is 7.65. The molecule has 0 bridgehead atoms. The maximum atomic E-state index is 5.21. The standard InChI is InChI=1S/C22H30N4S/c1-4-5-8-11-26-20-10-7-6-9-19(20)23-21(18-16-17(2)27-22(18)26)25-14-12-24(3)13-15-25/h6-7,9-10,16H,4-5,8,11-15H2,1-3H3. The first kappa shape index (κ1) is 18.5. The summed E-state index contributed by atoms with van der Waals surface area (Å²) in [5, 5.41) is 1.37. The van der Waals surface area contributed by atoms with Crippen LogP contribution in [0.15, 0.2) is 35.3 Å². The fourth-order valence-electron chi connectivity index (χ4n) is 3.93. The van der Waals surface area contributed by atoms with Crippen molar-refractivity contribution in [2.45, 2.75) is 33.1 Å². The lowest BCUT2D eigenvalue weighted by Gasteiger charge is -2.34. The number of amidine groups is 1. The summed E-state index contributed by atoms with van der Waals surface area (Å²) in [4.78, 5) is 14.0. The Morgan fingerprint density at radius 1 is 1.07 bits per heavy atom. The van der Waals surface area contributed by atoms with Crippen LogP contribution in [0.25, 0.3) is 0 Å². The molecule has 0 amide bonds. The van der Waals surface area contributed by atoms with Gasteiger partial charge in [0.2, 0.25) is 0 Å². The Hall–Kier alpha value is -1.85. The topological polar surface area (TPSA) is 22.1 Å². The number of piperazine rings is 1. The number of fused-ring (bicyclic) bond motifs is 2. The number of thiophene rings is 1.